The van der Waals surface area contributed by atoms with Gasteiger partial charge in [0.2, 0.25) is 5.95 Å². The van der Waals surface area contributed by atoms with E-state index in [1.165, 1.54) is 23.2 Å². The molecule has 2 N–H and O–H groups in total. The number of carbonyl (C=O) groups excluding carboxylic acids is 1. The van der Waals surface area contributed by atoms with Crippen LogP contribution in [-0.4, -0.2) is 34.4 Å². The molecule has 2 aromatic carbocycles. The number of aromatic nitrogens is 1. The highest BCUT2D eigenvalue weighted by Gasteiger charge is 2.56. The molecule has 1 aromatic heterocycles. The zero-order valence-electron chi connectivity index (χ0n) is 18.2. The van der Waals surface area contributed by atoms with Gasteiger partial charge in [-0.15, -0.1) is 0 Å². The first-order valence-corrected chi connectivity index (χ1v) is 10.5. The average molecular weight is 448 g/mol. The Balaban J connectivity index is 1.65. The molecule has 0 radical (unpaired) electrons. The third-order valence-electron chi connectivity index (χ3n) is 6.26. The molecule has 1 amide bonds. The number of pyridine rings is 1. The summed E-state index contributed by atoms with van der Waals surface area (Å²) < 4.78 is 34.6. The summed E-state index contributed by atoms with van der Waals surface area (Å²) in [4.78, 5) is 23.1. The van der Waals surface area contributed by atoms with Gasteiger partial charge >= 0.3 is 0 Å². The summed E-state index contributed by atoms with van der Waals surface area (Å²) in [6, 6.07) is 14.7. The number of hydrogen-bond donors (Lipinski definition) is 1. The molecule has 2 atom stereocenters. The quantitative estimate of drug-likeness (QED) is 0.618. The van der Waals surface area contributed by atoms with Crippen molar-refractivity contribution in [3.05, 3.63) is 83.7 Å². The largest absolute Gasteiger partial charge is 0.487 e. The standard InChI is InChI=1S/C25H22F2N4O2/c1-24(13-15-5-3-6-17(26)11-15)14-25(22(32)31(2)23(28)30-25)19-12-16(8-9-20(19)33-24)18-7-4-10-29-21(18)27/h3-12H,13-14H2,1-2H3,(H2,28,30)/t24-,25?/m1/s1. The second-order valence-electron chi connectivity index (χ2n) is 8.78. The zero-order valence-corrected chi connectivity index (χ0v) is 18.2. The first-order chi connectivity index (χ1) is 15.7. The Morgan fingerprint density at radius 2 is 1.97 bits per heavy atom. The third kappa shape index (κ3) is 3.42. The van der Waals surface area contributed by atoms with Crippen LogP contribution in [0.15, 0.2) is 65.8 Å². The number of guanidine groups is 1. The van der Waals surface area contributed by atoms with E-state index >= 15 is 0 Å². The fourth-order valence-electron chi connectivity index (χ4n) is 4.82. The molecule has 8 heteroatoms. The van der Waals surface area contributed by atoms with Crippen LogP contribution in [0.2, 0.25) is 0 Å². The summed E-state index contributed by atoms with van der Waals surface area (Å²) in [7, 11) is 1.57. The Morgan fingerprint density at radius 3 is 2.67 bits per heavy atom. The van der Waals surface area contributed by atoms with Crippen molar-refractivity contribution in [1.82, 2.24) is 9.88 Å². The molecule has 2 aliphatic heterocycles. The topological polar surface area (TPSA) is 80.8 Å². The van der Waals surface area contributed by atoms with Gasteiger partial charge in [0.15, 0.2) is 11.5 Å². The molecule has 6 nitrogen and oxygen atoms in total. The lowest BCUT2D eigenvalue weighted by atomic mass is 9.74. The van der Waals surface area contributed by atoms with E-state index in [1.54, 1.807) is 43.4 Å². The highest BCUT2D eigenvalue weighted by molar-refractivity contribution is 6.07. The van der Waals surface area contributed by atoms with Gasteiger partial charge < -0.3 is 10.5 Å². The molecule has 0 saturated heterocycles. The van der Waals surface area contributed by atoms with Gasteiger partial charge in [-0.2, -0.15) is 4.39 Å². The number of aliphatic imine (C=N–C) groups is 1. The molecule has 1 spiro atoms. The van der Waals surface area contributed by atoms with Crippen molar-refractivity contribution in [2.45, 2.75) is 30.9 Å². The molecule has 168 valence electrons. The van der Waals surface area contributed by atoms with E-state index in [1.807, 2.05) is 13.0 Å². The van der Waals surface area contributed by atoms with E-state index in [4.69, 9.17) is 10.5 Å². The smallest absolute Gasteiger partial charge is 0.261 e. The van der Waals surface area contributed by atoms with Crippen LogP contribution in [-0.2, 0) is 16.8 Å². The molecule has 0 saturated carbocycles. The SMILES string of the molecule is CN1C(=O)C2(C[C@@](C)(Cc3cccc(F)c3)Oc3ccc(-c4cccnc4F)cc32)N=C1N. The summed E-state index contributed by atoms with van der Waals surface area (Å²) in [6.07, 6.45) is 1.92. The normalized spacial score (nSPS) is 23.9. The van der Waals surface area contributed by atoms with Gasteiger partial charge in [0, 0.05) is 37.2 Å². The van der Waals surface area contributed by atoms with Crippen LogP contribution in [0.25, 0.3) is 11.1 Å². The van der Waals surface area contributed by atoms with Crippen molar-refractivity contribution in [1.29, 1.82) is 0 Å². The number of nitrogens with two attached hydrogens (primary N) is 1. The highest BCUT2D eigenvalue weighted by atomic mass is 19.1. The monoisotopic (exact) mass is 448 g/mol. The number of ether oxygens (including phenoxy) is 1. The lowest BCUT2D eigenvalue weighted by Gasteiger charge is -2.43. The minimum Gasteiger partial charge on any atom is -0.487 e. The summed E-state index contributed by atoms with van der Waals surface area (Å²) in [5, 5.41) is 0. The molecular weight excluding hydrogens is 426 g/mol. The van der Waals surface area contributed by atoms with Crippen molar-refractivity contribution in [2.24, 2.45) is 10.7 Å². The van der Waals surface area contributed by atoms with Crippen molar-refractivity contribution in [3.63, 3.8) is 0 Å². The van der Waals surface area contributed by atoms with Crippen LogP contribution in [0.3, 0.4) is 0 Å². The van der Waals surface area contributed by atoms with Crippen LogP contribution in [0.5, 0.6) is 5.75 Å². The second-order valence-corrected chi connectivity index (χ2v) is 8.78. The maximum absolute atomic E-state index is 14.4. The van der Waals surface area contributed by atoms with Crippen LogP contribution < -0.4 is 10.5 Å². The molecule has 0 fully saturated rings. The van der Waals surface area contributed by atoms with Gasteiger partial charge in [0.1, 0.15) is 17.2 Å². The predicted molar refractivity (Wildman–Crippen MR) is 119 cm³/mol. The number of carbonyl (C=O) groups is 1. The number of amides is 1. The van der Waals surface area contributed by atoms with E-state index in [0.29, 0.717) is 28.9 Å². The lowest BCUT2D eigenvalue weighted by molar-refractivity contribution is -0.133. The van der Waals surface area contributed by atoms with Gasteiger partial charge in [-0.25, -0.2) is 14.4 Å². The predicted octanol–water partition coefficient (Wildman–Crippen LogP) is 3.79. The number of rotatable bonds is 3. The molecule has 2 aliphatic rings. The lowest BCUT2D eigenvalue weighted by Crippen LogP contribution is -2.51. The maximum Gasteiger partial charge on any atom is 0.261 e. The zero-order chi connectivity index (χ0) is 23.4. The molecule has 1 unspecified atom stereocenters. The molecule has 33 heavy (non-hydrogen) atoms. The molecule has 0 aliphatic carbocycles. The van der Waals surface area contributed by atoms with Gasteiger partial charge in [-0.05, 0) is 54.4 Å². The third-order valence-corrected chi connectivity index (χ3v) is 6.26. The molecule has 3 heterocycles. The van der Waals surface area contributed by atoms with E-state index in [2.05, 4.69) is 9.98 Å². The second kappa shape index (κ2) is 7.37. The van der Waals surface area contributed by atoms with E-state index < -0.39 is 17.1 Å². The summed E-state index contributed by atoms with van der Waals surface area (Å²) in [5.74, 6) is -0.702. The Hall–Kier alpha value is -3.81. The minimum atomic E-state index is -1.33. The minimum absolute atomic E-state index is 0.0962. The first-order valence-electron chi connectivity index (χ1n) is 10.5. The van der Waals surface area contributed by atoms with Crippen LogP contribution in [0.4, 0.5) is 8.78 Å². The van der Waals surface area contributed by atoms with Crippen molar-refractivity contribution < 1.29 is 18.3 Å². The van der Waals surface area contributed by atoms with Crippen LogP contribution >= 0.6 is 0 Å². The van der Waals surface area contributed by atoms with Crippen LogP contribution in [0, 0.1) is 11.8 Å². The van der Waals surface area contributed by atoms with Crippen molar-refractivity contribution >= 4 is 11.9 Å². The van der Waals surface area contributed by atoms with Gasteiger partial charge in [0.05, 0.1) is 0 Å². The van der Waals surface area contributed by atoms with Gasteiger partial charge in [0.25, 0.3) is 5.91 Å². The maximum atomic E-state index is 14.4. The molecule has 5 rings (SSSR count). The van der Waals surface area contributed by atoms with Crippen molar-refractivity contribution in [3.8, 4) is 16.9 Å². The number of likely N-dealkylation sites (N-methyl/N-ethyl adjacent to an activating group) is 1. The fraction of sp³-hybridized carbons (Fsp3) is 0.240. The van der Waals surface area contributed by atoms with E-state index in [-0.39, 0.29) is 24.1 Å². The Morgan fingerprint density at radius 1 is 1.15 bits per heavy atom. The Bertz CT molecular complexity index is 1310. The van der Waals surface area contributed by atoms with Crippen molar-refractivity contribution in [2.75, 3.05) is 7.05 Å². The number of fused-ring (bicyclic) bond motifs is 2. The highest BCUT2D eigenvalue weighted by Crippen LogP contribution is 2.50. The van der Waals surface area contributed by atoms with Gasteiger partial charge in [-0.1, -0.05) is 18.2 Å². The molecule has 3 aromatic rings. The van der Waals surface area contributed by atoms with Crippen LogP contribution in [0.1, 0.15) is 24.5 Å². The number of benzene rings is 2. The average Bonchev–Trinajstić information content (AvgIpc) is 2.97. The molecule has 0 bridgehead atoms. The Kier molecular flexibility index (Phi) is 4.70. The molecular formula is C25H22F2N4O2. The Labute approximate surface area is 189 Å². The van der Waals surface area contributed by atoms with E-state index in [0.717, 1.165) is 5.56 Å². The first kappa shape index (κ1) is 21.1. The number of hydrogen-bond acceptors (Lipinski definition) is 5. The summed E-state index contributed by atoms with van der Waals surface area (Å²) in [6.45, 7) is 1.87. The van der Waals surface area contributed by atoms with Gasteiger partial charge in [-0.3, -0.25) is 9.69 Å². The number of halogens is 2. The fourth-order valence-corrected chi connectivity index (χ4v) is 4.82. The number of nitrogens with zero attached hydrogens (tertiary/aromatic N) is 3. The van der Waals surface area contributed by atoms with E-state index in [9.17, 15) is 13.6 Å². The summed E-state index contributed by atoms with van der Waals surface area (Å²) in [5.41, 5.74) is 5.96. The summed E-state index contributed by atoms with van der Waals surface area (Å²) >= 11 is 0.